The number of aromatic nitrogens is 1. The van der Waals surface area contributed by atoms with E-state index >= 15 is 0 Å². The number of benzene rings is 2. The van der Waals surface area contributed by atoms with Gasteiger partial charge in [-0.3, -0.25) is 0 Å². The van der Waals surface area contributed by atoms with Gasteiger partial charge >= 0.3 is 0 Å². The van der Waals surface area contributed by atoms with Gasteiger partial charge < -0.3 is 0 Å². The minimum Gasteiger partial charge on any atom is -0.236 e. The van der Waals surface area contributed by atoms with Crippen LogP contribution in [0.25, 0.3) is 21.8 Å². The molecule has 0 saturated carbocycles. The Hall–Kier alpha value is -1.35. The highest BCUT2D eigenvalue weighted by atomic mass is 35.5. The van der Waals surface area contributed by atoms with Gasteiger partial charge in [0.25, 0.3) is 0 Å². The quantitative estimate of drug-likeness (QED) is 0.474. The normalized spacial score (nSPS) is 11.7. The van der Waals surface area contributed by atoms with Gasteiger partial charge in [0, 0.05) is 16.5 Å². The summed E-state index contributed by atoms with van der Waals surface area (Å²) in [7, 11) is 0. The van der Waals surface area contributed by atoms with Gasteiger partial charge in [-0.1, -0.05) is 74.3 Å². The van der Waals surface area contributed by atoms with Gasteiger partial charge in [-0.25, -0.2) is 4.98 Å². The fourth-order valence-corrected chi connectivity index (χ4v) is 3.44. The molecule has 0 aliphatic rings. The molecule has 1 heterocycles. The second-order valence-corrected chi connectivity index (χ2v) is 8.17. The molecule has 0 fully saturated rings. The first-order valence-corrected chi connectivity index (χ1v) is 9.00. The van der Waals surface area contributed by atoms with Crippen LogP contribution >= 0.6 is 34.5 Å². The van der Waals surface area contributed by atoms with E-state index < -0.39 is 0 Å². The fraction of sp³-hybridized carbons (Fsp3) is 0.211. The molecule has 0 aliphatic heterocycles. The van der Waals surface area contributed by atoms with E-state index in [0.717, 1.165) is 21.8 Å². The molecule has 4 heteroatoms. The molecule has 0 unspecified atom stereocenters. The lowest BCUT2D eigenvalue weighted by Crippen LogP contribution is -2.10. The number of nitrogens with zero attached hydrogens (tertiary/aromatic N) is 1. The maximum absolute atomic E-state index is 6.09. The molecule has 3 aromatic rings. The van der Waals surface area contributed by atoms with Crippen LogP contribution < -0.4 is 0 Å². The van der Waals surface area contributed by atoms with Crippen molar-refractivity contribution in [1.29, 1.82) is 0 Å². The summed E-state index contributed by atoms with van der Waals surface area (Å²) in [4.78, 5) is 4.73. The molecule has 0 bridgehead atoms. The Morgan fingerprint density at radius 2 is 1.52 bits per heavy atom. The van der Waals surface area contributed by atoms with Crippen molar-refractivity contribution in [3.63, 3.8) is 0 Å². The van der Waals surface area contributed by atoms with Crippen molar-refractivity contribution < 1.29 is 0 Å². The predicted molar refractivity (Wildman–Crippen MR) is 102 cm³/mol. The first-order chi connectivity index (χ1) is 10.8. The van der Waals surface area contributed by atoms with Crippen molar-refractivity contribution >= 4 is 34.5 Å². The second-order valence-electron chi connectivity index (χ2n) is 6.49. The second kappa shape index (κ2) is 6.27. The lowest BCUT2D eigenvalue weighted by Gasteiger charge is -2.18. The standard InChI is InChI=1S/C19H17Cl2NS/c1-19(2,3)14-7-4-12(5-8-14)18-22-17(11-23-18)13-6-9-15(20)16(21)10-13/h4-11H,1-3H3. The third-order valence-corrected chi connectivity index (χ3v) is 5.35. The van der Waals surface area contributed by atoms with Crippen molar-refractivity contribution in [1.82, 2.24) is 4.98 Å². The molecule has 0 spiro atoms. The van der Waals surface area contributed by atoms with Crippen LogP contribution in [0, 0.1) is 0 Å². The minimum atomic E-state index is 0.159. The average Bonchev–Trinajstić information content (AvgIpc) is 2.99. The van der Waals surface area contributed by atoms with Gasteiger partial charge in [-0.15, -0.1) is 11.3 Å². The van der Waals surface area contributed by atoms with Gasteiger partial charge in [0.15, 0.2) is 0 Å². The third kappa shape index (κ3) is 3.60. The minimum absolute atomic E-state index is 0.159. The Bertz CT molecular complexity index is 829. The molecule has 0 aliphatic carbocycles. The third-order valence-electron chi connectivity index (χ3n) is 3.72. The highest BCUT2D eigenvalue weighted by Gasteiger charge is 2.14. The molecular formula is C19H17Cl2NS. The summed E-state index contributed by atoms with van der Waals surface area (Å²) in [5.74, 6) is 0. The summed E-state index contributed by atoms with van der Waals surface area (Å²) in [6.45, 7) is 6.65. The van der Waals surface area contributed by atoms with Crippen molar-refractivity contribution in [2.45, 2.75) is 26.2 Å². The molecule has 1 aromatic heterocycles. The largest absolute Gasteiger partial charge is 0.236 e. The molecule has 0 saturated heterocycles. The molecule has 3 rings (SSSR count). The molecule has 1 nitrogen and oxygen atoms in total. The fourth-order valence-electron chi connectivity index (χ4n) is 2.31. The summed E-state index contributed by atoms with van der Waals surface area (Å²) in [5.41, 5.74) is 4.51. The summed E-state index contributed by atoms with van der Waals surface area (Å²) >= 11 is 13.7. The Morgan fingerprint density at radius 3 is 2.13 bits per heavy atom. The van der Waals surface area contributed by atoms with Crippen LogP contribution in [0.5, 0.6) is 0 Å². The van der Waals surface area contributed by atoms with Gasteiger partial charge in [-0.2, -0.15) is 0 Å². The highest BCUT2D eigenvalue weighted by Crippen LogP contribution is 2.33. The van der Waals surface area contributed by atoms with Crippen LogP contribution in [0.1, 0.15) is 26.3 Å². The van der Waals surface area contributed by atoms with E-state index in [2.05, 4.69) is 45.0 Å². The lowest BCUT2D eigenvalue weighted by atomic mass is 9.87. The SMILES string of the molecule is CC(C)(C)c1ccc(-c2nc(-c3ccc(Cl)c(Cl)c3)cs2)cc1. The molecular weight excluding hydrogens is 345 g/mol. The van der Waals surface area contributed by atoms with E-state index in [0.29, 0.717) is 10.0 Å². The first-order valence-electron chi connectivity index (χ1n) is 7.36. The topological polar surface area (TPSA) is 12.9 Å². The molecule has 23 heavy (non-hydrogen) atoms. The average molecular weight is 362 g/mol. The van der Waals surface area contributed by atoms with Gasteiger partial charge in [0.1, 0.15) is 5.01 Å². The lowest BCUT2D eigenvalue weighted by molar-refractivity contribution is 0.590. The number of hydrogen-bond donors (Lipinski definition) is 0. The molecule has 0 amide bonds. The first kappa shape index (κ1) is 16.5. The van der Waals surface area contributed by atoms with Crippen LogP contribution in [-0.4, -0.2) is 4.98 Å². The summed E-state index contributed by atoms with van der Waals surface area (Å²) in [5, 5.41) is 4.16. The maximum atomic E-state index is 6.09. The Labute approximate surface area is 150 Å². The Morgan fingerprint density at radius 1 is 0.870 bits per heavy atom. The van der Waals surface area contributed by atoms with E-state index in [1.54, 1.807) is 17.4 Å². The molecule has 0 N–H and O–H groups in total. The van der Waals surface area contributed by atoms with Crippen molar-refractivity contribution in [2.75, 3.05) is 0 Å². The van der Waals surface area contributed by atoms with E-state index in [9.17, 15) is 0 Å². The summed E-state index contributed by atoms with van der Waals surface area (Å²) in [6.07, 6.45) is 0. The number of hydrogen-bond acceptors (Lipinski definition) is 2. The van der Waals surface area contributed by atoms with Crippen molar-refractivity contribution in [3.05, 3.63) is 63.5 Å². The van der Waals surface area contributed by atoms with Crippen LogP contribution in [-0.2, 0) is 5.41 Å². The molecule has 0 radical (unpaired) electrons. The van der Waals surface area contributed by atoms with Crippen molar-refractivity contribution in [3.8, 4) is 21.8 Å². The van der Waals surface area contributed by atoms with E-state index in [-0.39, 0.29) is 5.41 Å². The summed E-state index contributed by atoms with van der Waals surface area (Å²) in [6, 6.07) is 14.2. The number of rotatable bonds is 2. The van der Waals surface area contributed by atoms with Crippen LogP contribution in [0.3, 0.4) is 0 Å². The van der Waals surface area contributed by atoms with Gasteiger partial charge in [0.2, 0.25) is 0 Å². The van der Waals surface area contributed by atoms with Crippen LogP contribution in [0.15, 0.2) is 47.8 Å². The zero-order valence-electron chi connectivity index (χ0n) is 13.2. The number of thiazole rings is 1. The Kier molecular flexibility index (Phi) is 4.50. The monoisotopic (exact) mass is 361 g/mol. The van der Waals surface area contributed by atoms with E-state index in [1.807, 2.05) is 17.5 Å². The van der Waals surface area contributed by atoms with E-state index in [1.165, 1.54) is 5.56 Å². The highest BCUT2D eigenvalue weighted by molar-refractivity contribution is 7.13. The smallest absolute Gasteiger partial charge is 0.124 e. The Balaban J connectivity index is 1.91. The maximum Gasteiger partial charge on any atom is 0.124 e. The van der Waals surface area contributed by atoms with Gasteiger partial charge in [-0.05, 0) is 23.1 Å². The number of halogens is 2. The molecule has 2 aromatic carbocycles. The van der Waals surface area contributed by atoms with Crippen LogP contribution in [0.2, 0.25) is 10.0 Å². The van der Waals surface area contributed by atoms with Crippen LogP contribution in [0.4, 0.5) is 0 Å². The van der Waals surface area contributed by atoms with E-state index in [4.69, 9.17) is 28.2 Å². The van der Waals surface area contributed by atoms with Gasteiger partial charge in [0.05, 0.1) is 15.7 Å². The van der Waals surface area contributed by atoms with Crippen molar-refractivity contribution in [2.24, 2.45) is 0 Å². The molecule has 118 valence electrons. The zero-order valence-corrected chi connectivity index (χ0v) is 15.6. The summed E-state index contributed by atoms with van der Waals surface area (Å²) < 4.78 is 0. The molecule has 0 atom stereocenters. The zero-order chi connectivity index (χ0) is 16.6. The predicted octanol–water partition coefficient (Wildman–Crippen LogP) is 7.08.